The normalized spacial score (nSPS) is 15.7. The van der Waals surface area contributed by atoms with E-state index in [9.17, 15) is 14.7 Å². The number of carboxylic acid groups (broad SMARTS) is 2. The van der Waals surface area contributed by atoms with Crippen molar-refractivity contribution < 1.29 is 19.8 Å². The molecule has 1 aliphatic rings. The van der Waals surface area contributed by atoms with Crippen LogP contribution in [0.1, 0.15) is 5.56 Å². The van der Waals surface area contributed by atoms with Crippen LogP contribution in [0.5, 0.6) is 0 Å². The fourth-order valence-electron chi connectivity index (χ4n) is 2.79. The lowest BCUT2D eigenvalue weighted by molar-refractivity contribution is -0.135. The van der Waals surface area contributed by atoms with E-state index in [0.29, 0.717) is 11.6 Å². The Morgan fingerprint density at radius 1 is 1.39 bits per heavy atom. The lowest BCUT2D eigenvalue weighted by atomic mass is 10.0. The Morgan fingerprint density at radius 3 is 2.65 bits per heavy atom. The molecule has 0 fully saturated rings. The number of hydrogen-bond donors (Lipinski definition) is 2. The Kier molecular flexibility index (Phi) is 5.28. The monoisotopic (exact) mass is 338 g/mol. The van der Waals surface area contributed by atoms with Crippen molar-refractivity contribution in [2.75, 3.05) is 32.1 Å². The molecule has 0 spiro atoms. The Hall–Kier alpha value is -2.05. The summed E-state index contributed by atoms with van der Waals surface area (Å²) in [7, 11) is 3.47. The van der Waals surface area contributed by atoms with E-state index in [1.54, 1.807) is 19.0 Å². The average Bonchev–Trinajstić information content (AvgIpc) is 2.84. The number of aliphatic carboxylic acids is 2. The van der Waals surface area contributed by atoms with Gasteiger partial charge in [0.25, 0.3) is 0 Å². The second-order valence-corrected chi connectivity index (χ2v) is 6.13. The molecular weight excluding hydrogens is 320 g/mol. The molecule has 1 heterocycles. The number of benzene rings is 1. The predicted molar refractivity (Wildman–Crippen MR) is 88.2 cm³/mol. The van der Waals surface area contributed by atoms with Crippen LogP contribution in [0.2, 0.25) is 5.02 Å². The number of hydrogen-bond acceptors (Lipinski definition) is 4. The molecule has 0 aliphatic carbocycles. The molecule has 2 rings (SSSR count). The van der Waals surface area contributed by atoms with E-state index in [-0.39, 0.29) is 5.57 Å². The molecule has 0 radical (unpaired) electrons. The van der Waals surface area contributed by atoms with E-state index in [4.69, 9.17) is 16.7 Å². The van der Waals surface area contributed by atoms with Gasteiger partial charge in [-0.1, -0.05) is 17.7 Å². The maximum Gasteiger partial charge on any atom is 0.333 e. The highest BCUT2D eigenvalue weighted by atomic mass is 35.5. The third-order valence-electron chi connectivity index (χ3n) is 3.94. The topological polar surface area (TPSA) is 81.1 Å². The summed E-state index contributed by atoms with van der Waals surface area (Å²) in [6.45, 7) is 1.13. The van der Waals surface area contributed by atoms with Crippen molar-refractivity contribution in [2.24, 2.45) is 0 Å². The molecule has 1 unspecified atom stereocenters. The van der Waals surface area contributed by atoms with Crippen molar-refractivity contribution >= 4 is 29.2 Å². The zero-order valence-corrected chi connectivity index (χ0v) is 13.7. The summed E-state index contributed by atoms with van der Waals surface area (Å²) in [6, 6.07) is 5.11. The zero-order valence-electron chi connectivity index (χ0n) is 13.0. The Bertz CT molecular complexity index is 657. The maximum atomic E-state index is 11.5. The highest BCUT2D eigenvalue weighted by Crippen LogP contribution is 2.31. The minimum Gasteiger partial charge on any atom is -0.478 e. The Labute approximate surface area is 139 Å². The van der Waals surface area contributed by atoms with Gasteiger partial charge in [0.15, 0.2) is 0 Å². The molecular formula is C16H19ClN2O4. The quantitative estimate of drug-likeness (QED) is 0.769. The number of anilines is 1. The van der Waals surface area contributed by atoms with Crippen molar-refractivity contribution in [1.29, 1.82) is 0 Å². The molecule has 23 heavy (non-hydrogen) atoms. The predicted octanol–water partition coefficient (Wildman–Crippen LogP) is 1.73. The van der Waals surface area contributed by atoms with Gasteiger partial charge >= 0.3 is 11.9 Å². The highest BCUT2D eigenvalue weighted by molar-refractivity contribution is 6.30. The van der Waals surface area contributed by atoms with E-state index < -0.39 is 18.0 Å². The number of nitrogens with zero attached hydrogens (tertiary/aromatic N) is 2. The number of carboxylic acids is 2. The third-order valence-corrected chi connectivity index (χ3v) is 4.18. The van der Waals surface area contributed by atoms with Crippen LogP contribution in [-0.4, -0.2) is 60.3 Å². The molecule has 1 atom stereocenters. The van der Waals surface area contributed by atoms with Crippen LogP contribution in [-0.2, 0) is 16.0 Å². The van der Waals surface area contributed by atoms with E-state index in [1.807, 2.05) is 23.1 Å². The fourth-order valence-corrected chi connectivity index (χ4v) is 2.96. The molecule has 0 saturated heterocycles. The van der Waals surface area contributed by atoms with Crippen molar-refractivity contribution in [1.82, 2.24) is 4.90 Å². The molecule has 2 N–H and O–H groups in total. The summed E-state index contributed by atoms with van der Waals surface area (Å²) < 4.78 is 0. The van der Waals surface area contributed by atoms with Crippen LogP contribution in [0.3, 0.4) is 0 Å². The van der Waals surface area contributed by atoms with E-state index >= 15 is 0 Å². The Balaban J connectivity index is 2.30. The number of likely N-dealkylation sites (N-methyl/N-ethyl adjacent to an activating group) is 1. The van der Waals surface area contributed by atoms with Gasteiger partial charge in [-0.05, 0) is 38.2 Å². The molecule has 1 aliphatic heterocycles. The van der Waals surface area contributed by atoms with E-state index in [1.165, 1.54) is 0 Å². The lowest BCUT2D eigenvalue weighted by Crippen LogP contribution is -2.43. The van der Waals surface area contributed by atoms with Crippen LogP contribution < -0.4 is 4.90 Å². The van der Waals surface area contributed by atoms with Gasteiger partial charge in [-0.3, -0.25) is 0 Å². The first kappa shape index (κ1) is 17.3. The minimum atomic E-state index is -1.26. The van der Waals surface area contributed by atoms with Gasteiger partial charge < -0.3 is 20.0 Å². The second kappa shape index (κ2) is 7.02. The summed E-state index contributed by atoms with van der Waals surface area (Å²) >= 11 is 6.05. The zero-order chi connectivity index (χ0) is 17.1. The first-order chi connectivity index (χ1) is 10.8. The SMILES string of the molecule is CN(C)C(CN1CCc2ccc(Cl)cc21)C(=CC(=O)O)C(=O)O. The first-order valence-electron chi connectivity index (χ1n) is 7.17. The maximum absolute atomic E-state index is 11.5. The van der Waals surface area contributed by atoms with Gasteiger partial charge in [-0.25, -0.2) is 9.59 Å². The standard InChI is InChI=1S/C16H19ClN2O4/c1-18(2)14(12(16(22)23)8-15(20)21)9-19-6-5-10-3-4-11(17)7-13(10)19/h3-4,7-8,14H,5-6,9H2,1-2H3,(H,20,21)(H,22,23). The van der Waals surface area contributed by atoms with Gasteiger partial charge in [-0.2, -0.15) is 0 Å². The largest absolute Gasteiger partial charge is 0.478 e. The molecule has 1 aromatic carbocycles. The Morgan fingerprint density at radius 2 is 2.09 bits per heavy atom. The summed E-state index contributed by atoms with van der Waals surface area (Å²) in [5, 5.41) is 18.9. The van der Waals surface area contributed by atoms with Gasteiger partial charge in [0.2, 0.25) is 0 Å². The summed E-state index contributed by atoms with van der Waals surface area (Å²) in [5.41, 5.74) is 1.99. The number of carbonyl (C=O) groups is 2. The van der Waals surface area contributed by atoms with Gasteiger partial charge in [-0.15, -0.1) is 0 Å². The summed E-state index contributed by atoms with van der Waals surface area (Å²) in [4.78, 5) is 26.1. The van der Waals surface area contributed by atoms with E-state index in [0.717, 1.165) is 30.3 Å². The number of halogens is 1. The smallest absolute Gasteiger partial charge is 0.333 e. The fraction of sp³-hybridized carbons (Fsp3) is 0.375. The summed E-state index contributed by atoms with van der Waals surface area (Å²) in [5.74, 6) is -2.49. The highest BCUT2D eigenvalue weighted by Gasteiger charge is 2.29. The minimum absolute atomic E-state index is 0.141. The third kappa shape index (κ3) is 4.03. The molecule has 0 aromatic heterocycles. The molecule has 0 amide bonds. The van der Waals surface area contributed by atoms with Crippen molar-refractivity contribution in [3.63, 3.8) is 0 Å². The van der Waals surface area contributed by atoms with Gasteiger partial charge in [0.05, 0.1) is 11.6 Å². The molecule has 0 saturated carbocycles. The van der Waals surface area contributed by atoms with Crippen LogP contribution in [0.25, 0.3) is 0 Å². The lowest BCUT2D eigenvalue weighted by Gasteiger charge is -2.30. The van der Waals surface area contributed by atoms with Gasteiger partial charge in [0, 0.05) is 29.9 Å². The van der Waals surface area contributed by atoms with E-state index in [2.05, 4.69) is 0 Å². The van der Waals surface area contributed by atoms with Crippen molar-refractivity contribution in [3.05, 3.63) is 40.4 Å². The number of rotatable bonds is 6. The molecule has 124 valence electrons. The first-order valence-corrected chi connectivity index (χ1v) is 7.55. The van der Waals surface area contributed by atoms with Crippen molar-refractivity contribution in [3.8, 4) is 0 Å². The number of fused-ring (bicyclic) bond motifs is 1. The van der Waals surface area contributed by atoms with Gasteiger partial charge in [0.1, 0.15) is 0 Å². The van der Waals surface area contributed by atoms with Crippen molar-refractivity contribution in [2.45, 2.75) is 12.5 Å². The van der Waals surface area contributed by atoms with Crippen LogP contribution in [0.4, 0.5) is 5.69 Å². The molecule has 0 bridgehead atoms. The molecule has 6 nitrogen and oxygen atoms in total. The average molecular weight is 339 g/mol. The summed E-state index contributed by atoms with van der Waals surface area (Å²) in [6.07, 6.45) is 1.62. The van der Waals surface area contributed by atoms with Crippen LogP contribution in [0, 0.1) is 0 Å². The van der Waals surface area contributed by atoms with Crippen LogP contribution >= 0.6 is 11.6 Å². The molecule has 7 heteroatoms. The second-order valence-electron chi connectivity index (χ2n) is 5.69. The molecule has 1 aromatic rings. The van der Waals surface area contributed by atoms with Crippen LogP contribution in [0.15, 0.2) is 29.8 Å².